The molecule has 0 aliphatic carbocycles. The van der Waals surface area contributed by atoms with Gasteiger partial charge in [-0.1, -0.05) is 0 Å². The summed E-state index contributed by atoms with van der Waals surface area (Å²) in [6.45, 7) is 0. The molecule has 0 aliphatic heterocycles. The summed E-state index contributed by atoms with van der Waals surface area (Å²) in [5.41, 5.74) is 2.11. The van der Waals surface area contributed by atoms with Crippen molar-refractivity contribution in [3.63, 3.8) is 0 Å². The lowest BCUT2D eigenvalue weighted by Crippen LogP contribution is -2.28. The van der Waals surface area contributed by atoms with Gasteiger partial charge in [0, 0.05) is 46.2 Å². The number of rotatable bonds is 6. The van der Waals surface area contributed by atoms with Gasteiger partial charge in [-0.05, 0) is 24.3 Å². The van der Waals surface area contributed by atoms with Crippen LogP contribution in [0, 0.1) is 20.2 Å². The van der Waals surface area contributed by atoms with Gasteiger partial charge in [0.15, 0.2) is 10.3 Å². The number of carbonyl (C=O) groups excluding carboxylic acids is 2. The number of aromatic nitrogens is 2. The van der Waals surface area contributed by atoms with Crippen LogP contribution in [0.4, 0.5) is 21.6 Å². The molecular weight excluding hydrogens is 484 g/mol. The molecule has 4 rings (SSSR count). The number of non-ortho nitro benzene ring substituents is 2. The van der Waals surface area contributed by atoms with Gasteiger partial charge in [-0.3, -0.25) is 40.5 Å². The normalized spacial score (nSPS) is 10.5. The van der Waals surface area contributed by atoms with Crippen molar-refractivity contribution in [1.29, 1.82) is 0 Å². The molecule has 0 saturated carbocycles. The Morgan fingerprint density at radius 2 is 1.03 bits per heavy atom. The molecule has 0 atom stereocenters. The molecule has 170 valence electrons. The van der Waals surface area contributed by atoms with Crippen LogP contribution in [0.2, 0.25) is 0 Å². The van der Waals surface area contributed by atoms with E-state index < -0.39 is 21.7 Å². The molecule has 0 saturated heterocycles. The Morgan fingerprint density at radius 3 is 1.35 bits per heavy atom. The van der Waals surface area contributed by atoms with Crippen molar-refractivity contribution in [2.45, 2.75) is 0 Å². The van der Waals surface area contributed by atoms with Crippen LogP contribution in [0.3, 0.4) is 0 Å². The number of nitrogens with one attached hydrogen (secondary N) is 2. The smallest absolute Gasteiger partial charge is 0.294 e. The van der Waals surface area contributed by atoms with Gasteiger partial charge in [-0.15, -0.1) is 22.7 Å². The van der Waals surface area contributed by atoms with Gasteiger partial charge in [0.25, 0.3) is 11.4 Å². The zero-order valence-electron chi connectivity index (χ0n) is 16.8. The molecule has 2 N–H and O–H groups in total. The Hall–Kier alpha value is -4.56. The molecule has 2 heterocycles. The molecule has 0 aliphatic rings. The fourth-order valence-corrected chi connectivity index (χ4v) is 4.17. The van der Waals surface area contributed by atoms with E-state index in [0.717, 1.165) is 22.7 Å². The minimum atomic E-state index is -0.948. The zero-order valence-corrected chi connectivity index (χ0v) is 18.5. The molecule has 0 bridgehead atoms. The monoisotopic (exact) mass is 496 g/mol. The van der Waals surface area contributed by atoms with Crippen molar-refractivity contribution in [1.82, 2.24) is 9.97 Å². The first kappa shape index (κ1) is 22.6. The Morgan fingerprint density at radius 1 is 0.676 bits per heavy atom. The Labute approximate surface area is 198 Å². The maximum atomic E-state index is 12.2. The lowest BCUT2D eigenvalue weighted by molar-refractivity contribution is -0.385. The molecule has 0 spiro atoms. The number of anilines is 2. The largest absolute Gasteiger partial charge is 0.315 e. The van der Waals surface area contributed by atoms with Crippen LogP contribution in [0.1, 0.15) is 0 Å². The van der Waals surface area contributed by atoms with Crippen LogP contribution in [-0.4, -0.2) is 31.6 Å². The van der Waals surface area contributed by atoms with E-state index in [2.05, 4.69) is 20.6 Å². The van der Waals surface area contributed by atoms with Crippen molar-refractivity contribution in [2.24, 2.45) is 0 Å². The number of thiazole rings is 2. The van der Waals surface area contributed by atoms with Crippen LogP contribution >= 0.6 is 22.7 Å². The van der Waals surface area contributed by atoms with Gasteiger partial charge in [-0.2, -0.15) is 0 Å². The third-order valence-electron chi connectivity index (χ3n) is 4.40. The van der Waals surface area contributed by atoms with Gasteiger partial charge in [0.2, 0.25) is 0 Å². The highest BCUT2D eigenvalue weighted by Crippen LogP contribution is 2.28. The van der Waals surface area contributed by atoms with Crippen molar-refractivity contribution < 1.29 is 19.4 Å². The topological polar surface area (TPSA) is 170 Å². The number of nitro groups is 2. The Bertz CT molecular complexity index is 1290. The summed E-state index contributed by atoms with van der Waals surface area (Å²) in [6.07, 6.45) is 0. The van der Waals surface area contributed by atoms with E-state index in [0.29, 0.717) is 22.5 Å². The summed E-state index contributed by atoms with van der Waals surface area (Å²) in [5.74, 6) is -1.90. The number of nitro benzene ring substituents is 2. The second-order valence-electron chi connectivity index (χ2n) is 6.59. The van der Waals surface area contributed by atoms with Crippen LogP contribution in [0.5, 0.6) is 0 Å². The number of hydrogen-bond acceptors (Lipinski definition) is 10. The maximum absolute atomic E-state index is 12.2. The standard InChI is InChI=1S/C20H12N6O6S2/c27-17(23-19-21-15(9-33-19)11-1-5-13(6-2-11)25(29)30)18(28)24-20-22-16(10-34-20)12-3-7-14(8-4-12)26(31)32/h1-10H,(H,21,23,27)(H,22,24,28). The predicted molar refractivity (Wildman–Crippen MR) is 126 cm³/mol. The lowest BCUT2D eigenvalue weighted by Gasteiger charge is -2.01. The van der Waals surface area contributed by atoms with Gasteiger partial charge in [-0.25, -0.2) is 9.97 Å². The second-order valence-corrected chi connectivity index (χ2v) is 8.31. The zero-order chi connectivity index (χ0) is 24.2. The molecule has 34 heavy (non-hydrogen) atoms. The molecule has 14 heteroatoms. The molecule has 0 fully saturated rings. The van der Waals surface area contributed by atoms with Crippen molar-refractivity contribution >= 4 is 56.1 Å². The molecular formula is C20H12N6O6S2. The van der Waals surface area contributed by atoms with Gasteiger partial charge in [0.05, 0.1) is 21.2 Å². The van der Waals surface area contributed by atoms with Gasteiger partial charge >= 0.3 is 11.8 Å². The maximum Gasteiger partial charge on any atom is 0.315 e. The molecule has 0 radical (unpaired) electrons. The highest BCUT2D eigenvalue weighted by Gasteiger charge is 2.18. The highest BCUT2D eigenvalue weighted by atomic mass is 32.1. The fourth-order valence-electron chi connectivity index (χ4n) is 2.74. The molecule has 12 nitrogen and oxygen atoms in total. The number of hydrogen-bond donors (Lipinski definition) is 2. The van der Waals surface area contributed by atoms with E-state index in [1.165, 1.54) is 48.5 Å². The first-order valence-electron chi connectivity index (χ1n) is 9.33. The molecule has 4 aromatic rings. The van der Waals surface area contributed by atoms with Gasteiger partial charge < -0.3 is 0 Å². The van der Waals surface area contributed by atoms with E-state index in [-0.39, 0.29) is 21.6 Å². The van der Waals surface area contributed by atoms with Crippen LogP contribution < -0.4 is 10.6 Å². The third kappa shape index (κ3) is 5.08. The Balaban J connectivity index is 1.37. The van der Waals surface area contributed by atoms with E-state index in [9.17, 15) is 29.8 Å². The third-order valence-corrected chi connectivity index (χ3v) is 5.92. The molecule has 0 unspecified atom stereocenters. The fraction of sp³-hybridized carbons (Fsp3) is 0. The van der Waals surface area contributed by atoms with Gasteiger partial charge in [0.1, 0.15) is 0 Å². The molecule has 2 aromatic heterocycles. The minimum Gasteiger partial charge on any atom is -0.294 e. The minimum absolute atomic E-state index is 0.0527. The summed E-state index contributed by atoms with van der Waals surface area (Å²) >= 11 is 2.19. The summed E-state index contributed by atoms with van der Waals surface area (Å²) < 4.78 is 0. The number of nitrogens with zero attached hydrogens (tertiary/aromatic N) is 4. The summed E-state index contributed by atoms with van der Waals surface area (Å²) in [4.78, 5) is 53.4. The summed E-state index contributed by atoms with van der Waals surface area (Å²) in [6, 6.07) is 11.5. The molecule has 2 aromatic carbocycles. The first-order chi connectivity index (χ1) is 16.3. The second kappa shape index (κ2) is 9.51. The van der Waals surface area contributed by atoms with E-state index in [4.69, 9.17) is 0 Å². The van der Waals surface area contributed by atoms with Crippen molar-refractivity contribution in [2.75, 3.05) is 10.6 Å². The number of benzene rings is 2. The average Bonchev–Trinajstić information content (AvgIpc) is 3.49. The lowest BCUT2D eigenvalue weighted by atomic mass is 10.1. The predicted octanol–water partition coefficient (Wildman–Crippen LogP) is 4.33. The number of carbonyl (C=O) groups is 2. The van der Waals surface area contributed by atoms with Crippen LogP contribution in [0.15, 0.2) is 59.3 Å². The van der Waals surface area contributed by atoms with Crippen molar-refractivity contribution in [3.8, 4) is 22.5 Å². The molecule has 2 amide bonds. The SMILES string of the molecule is O=C(Nc1nc(-c2ccc([N+](=O)[O-])cc2)cs1)C(=O)Nc1nc(-c2ccc([N+](=O)[O-])cc2)cs1. The quantitative estimate of drug-likeness (QED) is 0.226. The van der Waals surface area contributed by atoms with Crippen LogP contribution in [-0.2, 0) is 9.59 Å². The summed E-state index contributed by atoms with van der Waals surface area (Å²) in [5, 5.41) is 30.0. The first-order valence-corrected chi connectivity index (χ1v) is 11.1. The average molecular weight is 496 g/mol. The summed E-state index contributed by atoms with van der Waals surface area (Å²) in [7, 11) is 0. The Kier molecular flexibility index (Phi) is 6.33. The van der Waals surface area contributed by atoms with E-state index >= 15 is 0 Å². The van der Waals surface area contributed by atoms with Crippen molar-refractivity contribution in [3.05, 3.63) is 79.5 Å². The number of amides is 2. The highest BCUT2D eigenvalue weighted by molar-refractivity contribution is 7.14. The van der Waals surface area contributed by atoms with E-state index in [1.54, 1.807) is 10.8 Å². The van der Waals surface area contributed by atoms with Crippen LogP contribution in [0.25, 0.3) is 22.5 Å². The van der Waals surface area contributed by atoms with E-state index in [1.807, 2.05) is 0 Å².